The van der Waals surface area contributed by atoms with Crippen molar-refractivity contribution in [2.24, 2.45) is 0 Å². The van der Waals surface area contributed by atoms with Crippen molar-refractivity contribution in [3.8, 4) is 0 Å². The summed E-state index contributed by atoms with van der Waals surface area (Å²) >= 11 is 1.91. The summed E-state index contributed by atoms with van der Waals surface area (Å²) in [6, 6.07) is 8.12. The molecule has 0 radical (unpaired) electrons. The molecule has 1 amide bonds. The first-order valence-corrected chi connectivity index (χ1v) is 7.87. The number of amides is 1. The van der Waals surface area contributed by atoms with E-state index in [0.717, 1.165) is 10.9 Å². The Morgan fingerprint density at radius 1 is 1.32 bits per heavy atom. The third-order valence-corrected chi connectivity index (χ3v) is 4.77. The van der Waals surface area contributed by atoms with E-state index in [9.17, 15) is 4.79 Å². The highest BCUT2D eigenvalue weighted by molar-refractivity contribution is 8.00. The monoisotopic (exact) mass is 278 g/mol. The summed E-state index contributed by atoms with van der Waals surface area (Å²) in [6.45, 7) is 0.712. The predicted molar refractivity (Wildman–Crippen MR) is 81.7 cm³/mol. The lowest BCUT2D eigenvalue weighted by atomic mass is 10.3. The van der Waals surface area contributed by atoms with Crippen molar-refractivity contribution in [1.82, 2.24) is 5.32 Å². The number of nitrogens with one attached hydrogen (secondary N) is 2. The minimum atomic E-state index is 0.0776. The van der Waals surface area contributed by atoms with E-state index in [2.05, 4.69) is 16.7 Å². The molecule has 104 valence electrons. The minimum absolute atomic E-state index is 0.0776. The second-order valence-corrected chi connectivity index (χ2v) is 6.26. The number of anilines is 1. The molecule has 0 spiro atoms. The van der Waals surface area contributed by atoms with Crippen molar-refractivity contribution >= 4 is 23.4 Å². The van der Waals surface area contributed by atoms with Crippen molar-refractivity contribution in [2.45, 2.75) is 42.2 Å². The molecule has 4 heteroatoms. The number of hydrogen-bond donors (Lipinski definition) is 2. The van der Waals surface area contributed by atoms with Crippen molar-refractivity contribution in [2.75, 3.05) is 18.9 Å². The molecule has 0 unspecified atom stereocenters. The van der Waals surface area contributed by atoms with Crippen LogP contribution in [0.3, 0.4) is 0 Å². The number of carbonyl (C=O) groups is 1. The van der Waals surface area contributed by atoms with Gasteiger partial charge in [-0.15, -0.1) is 11.8 Å². The van der Waals surface area contributed by atoms with Gasteiger partial charge in [0.05, 0.1) is 5.69 Å². The Morgan fingerprint density at radius 2 is 2.05 bits per heavy atom. The molecule has 1 aliphatic carbocycles. The van der Waals surface area contributed by atoms with Crippen LogP contribution in [0.25, 0.3) is 0 Å². The van der Waals surface area contributed by atoms with Gasteiger partial charge in [-0.25, -0.2) is 0 Å². The minimum Gasteiger partial charge on any atom is -0.325 e. The smallest absolute Gasteiger partial charge is 0.225 e. The topological polar surface area (TPSA) is 41.1 Å². The van der Waals surface area contributed by atoms with Crippen molar-refractivity contribution in [3.63, 3.8) is 0 Å². The van der Waals surface area contributed by atoms with Gasteiger partial charge < -0.3 is 10.6 Å². The average molecular weight is 278 g/mol. The molecule has 1 fully saturated rings. The van der Waals surface area contributed by atoms with Crippen LogP contribution in [-0.4, -0.2) is 24.7 Å². The van der Waals surface area contributed by atoms with Gasteiger partial charge in [-0.05, 0) is 32.0 Å². The number of thioether (sulfide) groups is 1. The Hall–Kier alpha value is -1.00. The maximum Gasteiger partial charge on any atom is 0.225 e. The molecule has 3 nitrogen and oxygen atoms in total. The summed E-state index contributed by atoms with van der Waals surface area (Å²) in [5.41, 5.74) is 0.959. The number of carbonyl (C=O) groups excluding carboxylic acids is 1. The number of para-hydroxylation sites is 1. The van der Waals surface area contributed by atoms with Crippen LogP contribution in [0.5, 0.6) is 0 Å². The summed E-state index contributed by atoms with van der Waals surface area (Å²) in [6.07, 6.45) is 5.79. The highest BCUT2D eigenvalue weighted by Gasteiger charge is 2.17. The third-order valence-electron chi connectivity index (χ3n) is 3.36. The SMILES string of the molecule is CNCCC(=O)Nc1ccccc1SC1CCCC1. The molecule has 0 aliphatic heterocycles. The summed E-state index contributed by atoms with van der Waals surface area (Å²) in [7, 11) is 1.86. The molecule has 0 bridgehead atoms. The highest BCUT2D eigenvalue weighted by atomic mass is 32.2. The molecular weight excluding hydrogens is 256 g/mol. The Labute approximate surface area is 119 Å². The first-order valence-electron chi connectivity index (χ1n) is 6.99. The van der Waals surface area contributed by atoms with Gasteiger partial charge in [0, 0.05) is 23.1 Å². The fourth-order valence-corrected chi connectivity index (χ4v) is 3.64. The van der Waals surface area contributed by atoms with Crippen LogP contribution in [0.4, 0.5) is 5.69 Å². The van der Waals surface area contributed by atoms with Gasteiger partial charge in [0.25, 0.3) is 0 Å². The van der Waals surface area contributed by atoms with Gasteiger partial charge in [0.2, 0.25) is 5.91 Å². The molecule has 2 rings (SSSR count). The van der Waals surface area contributed by atoms with E-state index in [4.69, 9.17) is 0 Å². The van der Waals surface area contributed by atoms with Crippen molar-refractivity contribution in [1.29, 1.82) is 0 Å². The quantitative estimate of drug-likeness (QED) is 0.839. The molecule has 1 aromatic rings. The van der Waals surface area contributed by atoms with Gasteiger partial charge in [-0.1, -0.05) is 25.0 Å². The first kappa shape index (κ1) is 14.4. The Kier molecular flexibility index (Phi) is 5.73. The van der Waals surface area contributed by atoms with Crippen LogP contribution in [0, 0.1) is 0 Å². The summed E-state index contributed by atoms with van der Waals surface area (Å²) in [5.74, 6) is 0.0776. The van der Waals surface area contributed by atoms with Crippen molar-refractivity contribution in [3.05, 3.63) is 24.3 Å². The third kappa shape index (κ3) is 4.55. The molecule has 1 aliphatic rings. The maximum atomic E-state index is 11.8. The van der Waals surface area contributed by atoms with Crippen LogP contribution in [-0.2, 0) is 4.79 Å². The van der Waals surface area contributed by atoms with Gasteiger partial charge in [0.1, 0.15) is 0 Å². The Bertz CT molecular complexity index is 416. The van der Waals surface area contributed by atoms with E-state index >= 15 is 0 Å². The zero-order valence-electron chi connectivity index (χ0n) is 11.4. The molecule has 0 atom stereocenters. The van der Waals surface area contributed by atoms with Crippen LogP contribution >= 0.6 is 11.8 Å². The lowest BCUT2D eigenvalue weighted by Crippen LogP contribution is -2.19. The fourth-order valence-electron chi connectivity index (χ4n) is 2.31. The molecule has 19 heavy (non-hydrogen) atoms. The second-order valence-electron chi connectivity index (χ2n) is 4.92. The summed E-state index contributed by atoms with van der Waals surface area (Å²) in [4.78, 5) is 13.0. The Balaban J connectivity index is 1.97. The van der Waals surface area contributed by atoms with Gasteiger partial charge in [0.15, 0.2) is 0 Å². The van der Waals surface area contributed by atoms with E-state index in [-0.39, 0.29) is 5.91 Å². The number of rotatable bonds is 6. The van der Waals surface area contributed by atoms with Crippen LogP contribution in [0.1, 0.15) is 32.1 Å². The molecule has 0 aromatic heterocycles. The van der Waals surface area contributed by atoms with E-state index in [1.807, 2.05) is 37.0 Å². The van der Waals surface area contributed by atoms with Crippen LogP contribution in [0.2, 0.25) is 0 Å². The highest BCUT2D eigenvalue weighted by Crippen LogP contribution is 2.37. The number of hydrogen-bond acceptors (Lipinski definition) is 3. The molecule has 2 N–H and O–H groups in total. The van der Waals surface area contributed by atoms with Crippen molar-refractivity contribution < 1.29 is 4.79 Å². The first-order chi connectivity index (χ1) is 9.29. The van der Waals surface area contributed by atoms with E-state index in [1.54, 1.807) is 0 Å². The lowest BCUT2D eigenvalue weighted by molar-refractivity contribution is -0.116. The second kappa shape index (κ2) is 7.56. The fraction of sp³-hybridized carbons (Fsp3) is 0.533. The molecule has 0 heterocycles. The standard InChI is InChI=1S/C15H22N2OS/c1-16-11-10-15(18)17-13-8-4-5-9-14(13)19-12-6-2-3-7-12/h4-5,8-9,12,16H,2-3,6-7,10-11H2,1H3,(H,17,18). The zero-order chi connectivity index (χ0) is 13.5. The van der Waals surface area contributed by atoms with Gasteiger partial charge in [-0.2, -0.15) is 0 Å². The van der Waals surface area contributed by atoms with Gasteiger partial charge >= 0.3 is 0 Å². The van der Waals surface area contributed by atoms with E-state index < -0.39 is 0 Å². The molecule has 1 saturated carbocycles. The lowest BCUT2D eigenvalue weighted by Gasteiger charge is -2.14. The number of benzene rings is 1. The van der Waals surface area contributed by atoms with Gasteiger partial charge in [-0.3, -0.25) is 4.79 Å². The maximum absolute atomic E-state index is 11.8. The molecule has 1 aromatic carbocycles. The summed E-state index contributed by atoms with van der Waals surface area (Å²) < 4.78 is 0. The predicted octanol–water partition coefficient (Wildman–Crippen LogP) is 3.27. The van der Waals surface area contributed by atoms with Crippen LogP contribution in [0.15, 0.2) is 29.2 Å². The average Bonchev–Trinajstić information content (AvgIpc) is 2.91. The normalized spacial score (nSPS) is 15.6. The largest absolute Gasteiger partial charge is 0.325 e. The summed E-state index contributed by atoms with van der Waals surface area (Å²) in [5, 5.41) is 6.73. The zero-order valence-corrected chi connectivity index (χ0v) is 12.3. The van der Waals surface area contributed by atoms with E-state index in [1.165, 1.54) is 30.6 Å². The van der Waals surface area contributed by atoms with E-state index in [0.29, 0.717) is 13.0 Å². The van der Waals surface area contributed by atoms with Crippen LogP contribution < -0.4 is 10.6 Å². The molecule has 0 saturated heterocycles. The molecular formula is C15H22N2OS. The Morgan fingerprint density at radius 3 is 2.79 bits per heavy atom.